The number of aliphatic hydroxyl groups excluding tert-OH is 1. The average Bonchev–Trinajstić information content (AvgIpc) is 2.83. The van der Waals surface area contributed by atoms with E-state index < -0.39 is 0 Å². The van der Waals surface area contributed by atoms with Crippen LogP contribution in [-0.2, 0) is 13.7 Å². The van der Waals surface area contributed by atoms with Crippen molar-refractivity contribution in [2.45, 2.75) is 6.61 Å². The highest BCUT2D eigenvalue weighted by Gasteiger charge is 2.16. The zero-order valence-corrected chi connectivity index (χ0v) is 10.4. The van der Waals surface area contributed by atoms with Crippen molar-refractivity contribution in [3.8, 4) is 11.3 Å². The summed E-state index contributed by atoms with van der Waals surface area (Å²) >= 11 is 0. The number of aliphatic hydroxyl groups is 1. The summed E-state index contributed by atoms with van der Waals surface area (Å²) in [7, 11) is 1.68. The van der Waals surface area contributed by atoms with Gasteiger partial charge in [0, 0.05) is 30.6 Å². The van der Waals surface area contributed by atoms with Gasteiger partial charge >= 0.3 is 0 Å². The first-order valence-corrected chi connectivity index (χ1v) is 5.95. The molecule has 2 aromatic heterocycles. The molecule has 0 radical (unpaired) electrons. The molecule has 0 bridgehead atoms. The van der Waals surface area contributed by atoms with Gasteiger partial charge in [0.15, 0.2) is 0 Å². The van der Waals surface area contributed by atoms with Crippen molar-refractivity contribution in [2.75, 3.05) is 0 Å². The van der Waals surface area contributed by atoms with Crippen LogP contribution in [0.1, 0.15) is 5.56 Å². The predicted molar refractivity (Wildman–Crippen MR) is 71.8 cm³/mol. The Hall–Kier alpha value is -2.40. The van der Waals surface area contributed by atoms with Crippen molar-refractivity contribution in [2.24, 2.45) is 7.05 Å². The van der Waals surface area contributed by atoms with Gasteiger partial charge in [0.05, 0.1) is 12.3 Å². The van der Waals surface area contributed by atoms with Crippen molar-refractivity contribution < 1.29 is 5.11 Å². The van der Waals surface area contributed by atoms with Crippen LogP contribution in [0.3, 0.4) is 0 Å². The van der Waals surface area contributed by atoms with E-state index in [1.165, 1.54) is 9.08 Å². The molecule has 0 aliphatic heterocycles. The Morgan fingerprint density at radius 2 is 1.95 bits per heavy atom. The zero-order valence-electron chi connectivity index (χ0n) is 10.4. The summed E-state index contributed by atoms with van der Waals surface area (Å²) in [5.41, 5.74) is 2.35. The fraction of sp³-hybridized carbons (Fsp3) is 0.143. The number of hydrogen-bond acceptors (Lipinski definition) is 3. The van der Waals surface area contributed by atoms with Gasteiger partial charge < -0.3 is 9.67 Å². The highest BCUT2D eigenvalue weighted by atomic mass is 16.3. The van der Waals surface area contributed by atoms with Crippen LogP contribution in [0.25, 0.3) is 16.8 Å². The summed E-state index contributed by atoms with van der Waals surface area (Å²) in [5.74, 6) is 0. The van der Waals surface area contributed by atoms with Gasteiger partial charge in [-0.3, -0.25) is 4.79 Å². The molecule has 2 heterocycles. The summed E-state index contributed by atoms with van der Waals surface area (Å²) < 4.78 is 3.00. The number of benzene rings is 1. The SMILES string of the molecule is Cn1ccn2nc(-c3ccccc3)c(CO)c2c1=O. The molecule has 3 aromatic rings. The lowest BCUT2D eigenvalue weighted by Crippen LogP contribution is -2.18. The molecule has 0 unspecified atom stereocenters. The zero-order chi connectivity index (χ0) is 13.4. The molecule has 0 aliphatic carbocycles. The predicted octanol–water partition coefficient (Wildman–Crippen LogP) is 1.19. The molecule has 0 saturated carbocycles. The minimum Gasteiger partial charge on any atom is -0.392 e. The molecule has 5 heteroatoms. The molecule has 0 fully saturated rings. The molecule has 0 saturated heterocycles. The molecule has 96 valence electrons. The van der Waals surface area contributed by atoms with Crippen LogP contribution in [0.2, 0.25) is 0 Å². The van der Waals surface area contributed by atoms with Gasteiger partial charge in [-0.15, -0.1) is 0 Å². The summed E-state index contributed by atoms with van der Waals surface area (Å²) in [5, 5.41) is 14.0. The number of nitrogens with zero attached hydrogens (tertiary/aromatic N) is 3. The second kappa shape index (κ2) is 4.37. The summed E-state index contributed by atoms with van der Waals surface area (Å²) in [6.07, 6.45) is 3.36. The van der Waals surface area contributed by atoms with Crippen molar-refractivity contribution in [3.05, 3.63) is 58.6 Å². The third-order valence-electron chi connectivity index (χ3n) is 3.17. The van der Waals surface area contributed by atoms with Crippen molar-refractivity contribution in [3.63, 3.8) is 0 Å². The lowest BCUT2D eigenvalue weighted by Gasteiger charge is -1.99. The highest BCUT2D eigenvalue weighted by Crippen LogP contribution is 2.24. The van der Waals surface area contributed by atoms with Crippen LogP contribution in [0.4, 0.5) is 0 Å². The highest BCUT2D eigenvalue weighted by molar-refractivity contribution is 5.72. The average molecular weight is 255 g/mol. The van der Waals surface area contributed by atoms with Crippen LogP contribution in [0.5, 0.6) is 0 Å². The summed E-state index contributed by atoms with van der Waals surface area (Å²) in [6.45, 7) is -0.215. The maximum atomic E-state index is 12.1. The quantitative estimate of drug-likeness (QED) is 0.748. The maximum absolute atomic E-state index is 12.1. The van der Waals surface area contributed by atoms with Crippen molar-refractivity contribution >= 4 is 5.52 Å². The first kappa shape index (κ1) is 11.7. The molecule has 1 N–H and O–H groups in total. The van der Waals surface area contributed by atoms with E-state index >= 15 is 0 Å². The normalized spacial score (nSPS) is 11.1. The van der Waals surface area contributed by atoms with Crippen LogP contribution in [0, 0.1) is 0 Å². The molecule has 5 nitrogen and oxygen atoms in total. The van der Waals surface area contributed by atoms with E-state index in [4.69, 9.17) is 0 Å². The minimum absolute atomic E-state index is 0.166. The fourth-order valence-electron chi connectivity index (χ4n) is 2.18. The van der Waals surface area contributed by atoms with Crippen molar-refractivity contribution in [1.29, 1.82) is 0 Å². The number of hydrogen-bond donors (Lipinski definition) is 1. The molecular weight excluding hydrogens is 242 g/mol. The number of aryl methyl sites for hydroxylation is 1. The van der Waals surface area contributed by atoms with Crippen molar-refractivity contribution in [1.82, 2.24) is 14.2 Å². The molecule has 0 aliphatic rings. The van der Waals surface area contributed by atoms with E-state index in [-0.39, 0.29) is 12.2 Å². The molecule has 0 atom stereocenters. The lowest BCUT2D eigenvalue weighted by atomic mass is 10.1. The van der Waals surface area contributed by atoms with Crippen LogP contribution in [0.15, 0.2) is 47.5 Å². The Morgan fingerprint density at radius 1 is 1.21 bits per heavy atom. The number of fused-ring (bicyclic) bond motifs is 1. The number of rotatable bonds is 2. The Bertz CT molecular complexity index is 788. The molecule has 0 amide bonds. The molecular formula is C14H13N3O2. The summed E-state index contributed by atoms with van der Waals surface area (Å²) in [6, 6.07) is 9.53. The Kier molecular flexibility index (Phi) is 2.68. The van der Waals surface area contributed by atoms with Gasteiger partial charge in [-0.25, -0.2) is 4.52 Å². The molecule has 0 spiro atoms. The second-order valence-electron chi connectivity index (χ2n) is 4.36. The maximum Gasteiger partial charge on any atom is 0.276 e. The van der Waals surface area contributed by atoms with Gasteiger partial charge in [-0.1, -0.05) is 30.3 Å². The minimum atomic E-state index is -0.215. The van der Waals surface area contributed by atoms with Gasteiger partial charge in [0.25, 0.3) is 5.56 Å². The van der Waals surface area contributed by atoms with E-state index in [0.29, 0.717) is 16.8 Å². The largest absolute Gasteiger partial charge is 0.392 e. The van der Waals surface area contributed by atoms with E-state index in [0.717, 1.165) is 5.56 Å². The second-order valence-corrected chi connectivity index (χ2v) is 4.36. The van der Waals surface area contributed by atoms with Gasteiger partial charge in [0.2, 0.25) is 0 Å². The summed E-state index contributed by atoms with van der Waals surface area (Å²) in [4.78, 5) is 12.1. The van der Waals surface area contributed by atoms with Gasteiger partial charge in [-0.05, 0) is 0 Å². The Morgan fingerprint density at radius 3 is 2.63 bits per heavy atom. The number of aromatic nitrogens is 3. The topological polar surface area (TPSA) is 59.5 Å². The monoisotopic (exact) mass is 255 g/mol. The molecule has 1 aromatic carbocycles. The first-order chi connectivity index (χ1) is 9.22. The lowest BCUT2D eigenvalue weighted by molar-refractivity contribution is 0.283. The molecule has 3 rings (SSSR count). The van der Waals surface area contributed by atoms with E-state index in [1.54, 1.807) is 19.4 Å². The first-order valence-electron chi connectivity index (χ1n) is 5.95. The molecule has 19 heavy (non-hydrogen) atoms. The smallest absolute Gasteiger partial charge is 0.276 e. The standard InChI is InChI=1S/C14H13N3O2/c1-16-7-8-17-13(14(16)19)11(9-18)12(15-17)10-5-3-2-4-6-10/h2-8,18H,9H2,1H3. The van der Waals surface area contributed by atoms with Gasteiger partial charge in [-0.2, -0.15) is 5.10 Å². The van der Waals surface area contributed by atoms with E-state index in [9.17, 15) is 9.90 Å². The van der Waals surface area contributed by atoms with Gasteiger partial charge in [0.1, 0.15) is 5.52 Å². The Labute approximate surface area is 109 Å². The fourth-order valence-corrected chi connectivity index (χ4v) is 2.18. The van der Waals surface area contributed by atoms with E-state index in [2.05, 4.69) is 5.10 Å². The van der Waals surface area contributed by atoms with Crippen LogP contribution in [-0.4, -0.2) is 19.3 Å². The van der Waals surface area contributed by atoms with E-state index in [1.807, 2.05) is 30.3 Å². The third-order valence-corrected chi connectivity index (χ3v) is 3.17. The van der Waals surface area contributed by atoms with Crippen LogP contribution < -0.4 is 5.56 Å². The third kappa shape index (κ3) is 1.75. The van der Waals surface area contributed by atoms with Crippen LogP contribution >= 0.6 is 0 Å². The Balaban J connectivity index is 2.39.